The van der Waals surface area contributed by atoms with Crippen molar-refractivity contribution < 1.29 is 4.79 Å². The summed E-state index contributed by atoms with van der Waals surface area (Å²) < 4.78 is 0. The summed E-state index contributed by atoms with van der Waals surface area (Å²) in [5.41, 5.74) is 7.12. The lowest BCUT2D eigenvalue weighted by molar-refractivity contribution is 0.252. The second-order valence-corrected chi connectivity index (χ2v) is 2.70. The molecule has 0 radical (unpaired) electrons. The van der Waals surface area contributed by atoms with Gasteiger partial charge in [0.05, 0.1) is 0 Å². The summed E-state index contributed by atoms with van der Waals surface area (Å²) in [5, 5.41) is 2.38. The molecule has 1 aromatic carbocycles. The summed E-state index contributed by atoms with van der Waals surface area (Å²) in [7, 11) is 0. The minimum atomic E-state index is -0.551. The van der Waals surface area contributed by atoms with Gasteiger partial charge in [0.15, 0.2) is 0 Å². The van der Waals surface area contributed by atoms with Gasteiger partial charge in [-0.3, -0.25) is 0 Å². The largest absolute Gasteiger partial charge is 0.351 e. The van der Waals surface area contributed by atoms with Crippen molar-refractivity contribution in [3.8, 4) is 0 Å². The first-order valence-corrected chi connectivity index (χ1v) is 3.98. The van der Waals surface area contributed by atoms with Crippen LogP contribution in [0.3, 0.4) is 0 Å². The summed E-state index contributed by atoms with van der Waals surface area (Å²) in [4.78, 5) is 10.3. The lowest BCUT2D eigenvalue weighted by Gasteiger charge is -1.98. The number of aryl methyl sites for hydroxylation is 1. The third-order valence-electron chi connectivity index (χ3n) is 1.68. The van der Waals surface area contributed by atoms with Gasteiger partial charge in [0.1, 0.15) is 0 Å². The molecule has 1 rings (SSSR count). The molecule has 0 aliphatic rings. The molecule has 0 unspecified atom stereocenters. The molecule has 0 aliphatic carbocycles. The number of carbonyl (C=O) groups is 1. The first kappa shape index (κ1) is 9.32. The number of hydrogen-bond donors (Lipinski definition) is 2. The zero-order valence-corrected chi connectivity index (χ0v) is 7.45. The van der Waals surface area contributed by atoms with Gasteiger partial charge < -0.3 is 11.1 Å². The third kappa shape index (κ3) is 2.99. The highest BCUT2D eigenvalue weighted by Gasteiger charge is 1.90. The van der Waals surface area contributed by atoms with E-state index < -0.39 is 6.03 Å². The molecule has 0 atom stereocenters. The fourth-order valence-electron chi connectivity index (χ4n) is 0.987. The van der Waals surface area contributed by atoms with Crippen molar-refractivity contribution in [2.75, 3.05) is 0 Å². The van der Waals surface area contributed by atoms with Crippen LogP contribution in [-0.4, -0.2) is 6.03 Å². The molecule has 0 fully saturated rings. The van der Waals surface area contributed by atoms with E-state index in [9.17, 15) is 4.79 Å². The normalized spacial score (nSPS) is 10.2. The van der Waals surface area contributed by atoms with Crippen LogP contribution in [0.15, 0.2) is 30.5 Å². The van der Waals surface area contributed by atoms with Crippen molar-refractivity contribution in [2.24, 2.45) is 5.73 Å². The summed E-state index contributed by atoms with van der Waals surface area (Å²) in [6.07, 6.45) is 3.34. The molecule has 1 aromatic rings. The van der Waals surface area contributed by atoms with Gasteiger partial charge in [-0.25, -0.2) is 4.79 Å². The maximum atomic E-state index is 10.3. The second kappa shape index (κ2) is 4.30. The molecule has 3 heteroatoms. The van der Waals surface area contributed by atoms with Crippen LogP contribution < -0.4 is 11.1 Å². The standard InChI is InChI=1S/C10H12N2O/c1-8-4-2-3-5-9(8)6-7-12-10(11)13/h2-7H,1H3,(H3,11,12,13)/b7-6+. The van der Waals surface area contributed by atoms with E-state index in [0.717, 1.165) is 11.1 Å². The Morgan fingerprint density at radius 3 is 2.77 bits per heavy atom. The molecular formula is C10H12N2O. The third-order valence-corrected chi connectivity index (χ3v) is 1.68. The molecule has 0 spiro atoms. The first-order valence-electron chi connectivity index (χ1n) is 3.98. The van der Waals surface area contributed by atoms with E-state index in [4.69, 9.17) is 5.73 Å². The number of urea groups is 1. The maximum Gasteiger partial charge on any atom is 0.316 e. The molecule has 3 N–H and O–H groups in total. The molecule has 0 aromatic heterocycles. The molecule has 0 saturated heterocycles. The highest BCUT2D eigenvalue weighted by Crippen LogP contribution is 2.07. The van der Waals surface area contributed by atoms with Crippen LogP contribution >= 0.6 is 0 Å². The van der Waals surface area contributed by atoms with E-state index >= 15 is 0 Å². The van der Waals surface area contributed by atoms with E-state index in [2.05, 4.69) is 5.32 Å². The fraction of sp³-hybridized carbons (Fsp3) is 0.100. The molecular weight excluding hydrogens is 164 g/mol. The van der Waals surface area contributed by atoms with Crippen LogP contribution in [0, 0.1) is 6.92 Å². The Kier molecular flexibility index (Phi) is 3.09. The van der Waals surface area contributed by atoms with Crippen molar-refractivity contribution in [3.05, 3.63) is 41.6 Å². The van der Waals surface area contributed by atoms with Gasteiger partial charge in [0, 0.05) is 6.20 Å². The van der Waals surface area contributed by atoms with Gasteiger partial charge >= 0.3 is 6.03 Å². The Morgan fingerprint density at radius 1 is 1.46 bits per heavy atom. The van der Waals surface area contributed by atoms with Crippen LogP contribution in [0.5, 0.6) is 0 Å². The van der Waals surface area contributed by atoms with Gasteiger partial charge in [0.25, 0.3) is 0 Å². The number of amides is 2. The maximum absolute atomic E-state index is 10.3. The highest BCUT2D eigenvalue weighted by atomic mass is 16.2. The zero-order valence-electron chi connectivity index (χ0n) is 7.45. The molecule has 0 aliphatic heterocycles. The molecule has 0 saturated carbocycles. The van der Waals surface area contributed by atoms with Gasteiger partial charge in [-0.05, 0) is 24.1 Å². The number of hydrogen-bond acceptors (Lipinski definition) is 1. The average Bonchev–Trinajstić information content (AvgIpc) is 2.08. The minimum Gasteiger partial charge on any atom is -0.351 e. The zero-order chi connectivity index (χ0) is 9.68. The predicted octanol–water partition coefficient (Wildman–Crippen LogP) is 1.63. The summed E-state index contributed by atoms with van der Waals surface area (Å²) >= 11 is 0. The monoisotopic (exact) mass is 176 g/mol. The topological polar surface area (TPSA) is 55.1 Å². The quantitative estimate of drug-likeness (QED) is 0.707. The fourth-order valence-corrected chi connectivity index (χ4v) is 0.987. The van der Waals surface area contributed by atoms with Gasteiger partial charge in [-0.2, -0.15) is 0 Å². The summed E-state index contributed by atoms with van der Waals surface area (Å²) in [5.74, 6) is 0. The van der Waals surface area contributed by atoms with E-state index in [1.807, 2.05) is 31.2 Å². The van der Waals surface area contributed by atoms with Gasteiger partial charge in [-0.15, -0.1) is 0 Å². The number of rotatable bonds is 2. The van der Waals surface area contributed by atoms with Crippen LogP contribution in [-0.2, 0) is 0 Å². The first-order chi connectivity index (χ1) is 6.20. The van der Waals surface area contributed by atoms with Crippen LogP contribution in [0.2, 0.25) is 0 Å². The average molecular weight is 176 g/mol. The molecule has 68 valence electrons. The Hall–Kier alpha value is -1.77. The summed E-state index contributed by atoms with van der Waals surface area (Å²) in [6.45, 7) is 2.00. The van der Waals surface area contributed by atoms with Crippen molar-refractivity contribution in [1.82, 2.24) is 5.32 Å². The summed E-state index contributed by atoms with van der Waals surface area (Å²) in [6, 6.07) is 7.33. The molecule has 0 heterocycles. The lowest BCUT2D eigenvalue weighted by Crippen LogP contribution is -2.23. The van der Waals surface area contributed by atoms with Crippen LogP contribution in [0.25, 0.3) is 6.08 Å². The van der Waals surface area contributed by atoms with Crippen molar-refractivity contribution in [1.29, 1.82) is 0 Å². The SMILES string of the molecule is Cc1ccccc1/C=C/NC(N)=O. The molecule has 13 heavy (non-hydrogen) atoms. The number of carbonyl (C=O) groups excluding carboxylic acids is 1. The molecule has 0 bridgehead atoms. The number of nitrogens with one attached hydrogen (secondary N) is 1. The number of nitrogens with two attached hydrogens (primary N) is 1. The van der Waals surface area contributed by atoms with E-state index in [0.29, 0.717) is 0 Å². The number of primary amides is 1. The Bertz CT molecular complexity index is 331. The highest BCUT2D eigenvalue weighted by molar-refractivity contribution is 5.73. The Morgan fingerprint density at radius 2 is 2.15 bits per heavy atom. The van der Waals surface area contributed by atoms with E-state index in [1.165, 1.54) is 6.20 Å². The van der Waals surface area contributed by atoms with Crippen LogP contribution in [0.4, 0.5) is 4.79 Å². The van der Waals surface area contributed by atoms with Crippen molar-refractivity contribution in [2.45, 2.75) is 6.92 Å². The van der Waals surface area contributed by atoms with Gasteiger partial charge in [0.2, 0.25) is 0 Å². The van der Waals surface area contributed by atoms with Gasteiger partial charge in [-0.1, -0.05) is 24.3 Å². The van der Waals surface area contributed by atoms with Crippen molar-refractivity contribution >= 4 is 12.1 Å². The van der Waals surface area contributed by atoms with Crippen molar-refractivity contribution in [3.63, 3.8) is 0 Å². The van der Waals surface area contributed by atoms with E-state index in [-0.39, 0.29) is 0 Å². The second-order valence-electron chi connectivity index (χ2n) is 2.70. The minimum absolute atomic E-state index is 0.551. The predicted molar refractivity (Wildman–Crippen MR) is 52.9 cm³/mol. The Balaban J connectivity index is 2.68. The lowest BCUT2D eigenvalue weighted by atomic mass is 10.1. The van der Waals surface area contributed by atoms with Crippen LogP contribution in [0.1, 0.15) is 11.1 Å². The van der Waals surface area contributed by atoms with E-state index in [1.54, 1.807) is 6.08 Å². The smallest absolute Gasteiger partial charge is 0.316 e. The molecule has 3 nitrogen and oxygen atoms in total. The number of benzene rings is 1. The molecule has 2 amide bonds. The Labute approximate surface area is 77.3 Å².